The number of nitrogens with one attached hydrogen (secondary N) is 1. The molecule has 10 heteroatoms. The van der Waals surface area contributed by atoms with Crippen molar-refractivity contribution in [3.63, 3.8) is 0 Å². The quantitative estimate of drug-likeness (QED) is 0.445. The van der Waals surface area contributed by atoms with Crippen LogP contribution in [0.4, 0.5) is 24.7 Å². The normalized spacial score (nSPS) is 13.9. The molecule has 1 fully saturated rings. The molecule has 1 amide bonds. The number of halogens is 3. The number of fused-ring (bicyclic) bond motifs is 1. The Morgan fingerprint density at radius 1 is 1.12 bits per heavy atom. The molecule has 2 heterocycles. The molecular weight excluding hydrogens is 449 g/mol. The van der Waals surface area contributed by atoms with E-state index >= 15 is 0 Å². The number of aromatic nitrogens is 2. The zero-order valence-electron chi connectivity index (χ0n) is 18.5. The first-order valence-corrected chi connectivity index (χ1v) is 10.5. The van der Waals surface area contributed by atoms with Crippen LogP contribution in [0.2, 0.25) is 0 Å². The van der Waals surface area contributed by atoms with Gasteiger partial charge in [-0.05, 0) is 31.0 Å². The van der Waals surface area contributed by atoms with Crippen LogP contribution in [-0.4, -0.2) is 47.1 Å². The summed E-state index contributed by atoms with van der Waals surface area (Å²) in [5.41, 5.74) is 0.202. The molecule has 176 valence electrons. The molecule has 0 bridgehead atoms. The van der Waals surface area contributed by atoms with E-state index in [1.165, 1.54) is 13.4 Å². The van der Waals surface area contributed by atoms with Gasteiger partial charge in [0, 0.05) is 37.4 Å². The molecule has 1 aliphatic heterocycles. The lowest BCUT2D eigenvalue weighted by molar-refractivity contribution is -0.126. The van der Waals surface area contributed by atoms with Gasteiger partial charge in [0.25, 0.3) is 5.91 Å². The maximum Gasteiger partial charge on any atom is 0.298 e. The number of rotatable bonds is 5. The summed E-state index contributed by atoms with van der Waals surface area (Å²) in [6.07, 6.45) is 2.30. The Balaban J connectivity index is 1.60. The van der Waals surface area contributed by atoms with E-state index in [4.69, 9.17) is 9.47 Å². The Bertz CT molecular complexity index is 1300. The van der Waals surface area contributed by atoms with Gasteiger partial charge < -0.3 is 19.7 Å². The molecule has 0 atom stereocenters. The molecule has 7 nitrogen and oxygen atoms in total. The molecule has 0 saturated carbocycles. The average Bonchev–Trinajstić information content (AvgIpc) is 2.85. The summed E-state index contributed by atoms with van der Waals surface area (Å²) in [5, 5.41) is 3.16. The van der Waals surface area contributed by atoms with Gasteiger partial charge in [-0.3, -0.25) is 4.79 Å². The third kappa shape index (κ3) is 4.69. The number of carbonyl (C=O) groups is 1. The van der Waals surface area contributed by atoms with E-state index < -0.39 is 17.5 Å². The summed E-state index contributed by atoms with van der Waals surface area (Å²) in [7, 11) is 1.50. The van der Waals surface area contributed by atoms with Crippen LogP contribution in [0.25, 0.3) is 10.9 Å². The van der Waals surface area contributed by atoms with Crippen LogP contribution in [0.3, 0.4) is 0 Å². The zero-order valence-corrected chi connectivity index (χ0v) is 18.5. The number of hydrogen-bond acceptors (Lipinski definition) is 6. The minimum atomic E-state index is -1.58. The molecule has 0 radical (unpaired) electrons. The van der Waals surface area contributed by atoms with Crippen molar-refractivity contribution in [1.82, 2.24) is 14.9 Å². The van der Waals surface area contributed by atoms with E-state index in [0.29, 0.717) is 48.3 Å². The van der Waals surface area contributed by atoms with E-state index in [1.54, 1.807) is 24.0 Å². The minimum Gasteiger partial charge on any atom is -0.493 e. The minimum absolute atomic E-state index is 0.172. The predicted octanol–water partition coefficient (Wildman–Crippen LogP) is 4.19. The van der Waals surface area contributed by atoms with Gasteiger partial charge in [0.2, 0.25) is 0 Å². The Kier molecular flexibility index (Phi) is 6.72. The summed E-state index contributed by atoms with van der Waals surface area (Å²) in [5.74, 6) is 1.75. The van der Waals surface area contributed by atoms with Crippen molar-refractivity contribution in [2.45, 2.75) is 25.9 Å². The second-order valence-corrected chi connectivity index (χ2v) is 7.57. The lowest BCUT2D eigenvalue weighted by Crippen LogP contribution is -2.41. The van der Waals surface area contributed by atoms with Gasteiger partial charge in [-0.15, -0.1) is 0 Å². The first-order chi connectivity index (χ1) is 16.4. The van der Waals surface area contributed by atoms with Gasteiger partial charge in [0.05, 0.1) is 18.3 Å². The maximum absolute atomic E-state index is 14.2. The summed E-state index contributed by atoms with van der Waals surface area (Å²) in [4.78, 5) is 22.0. The van der Waals surface area contributed by atoms with E-state index in [0.717, 1.165) is 12.1 Å². The molecule has 4 rings (SSSR count). The maximum atomic E-state index is 14.2. The number of amides is 1. The molecule has 2 aromatic carbocycles. The van der Waals surface area contributed by atoms with Crippen LogP contribution in [0.1, 0.15) is 19.8 Å². The lowest BCUT2D eigenvalue weighted by Gasteiger charge is -2.31. The van der Waals surface area contributed by atoms with Crippen LogP contribution >= 0.6 is 0 Å². The Morgan fingerprint density at radius 2 is 1.88 bits per heavy atom. The highest BCUT2D eigenvalue weighted by molar-refractivity contribution is 5.94. The fourth-order valence-corrected chi connectivity index (χ4v) is 3.71. The van der Waals surface area contributed by atoms with Crippen molar-refractivity contribution in [3.05, 3.63) is 48.0 Å². The fraction of sp³-hybridized carbons (Fsp3) is 0.292. The second kappa shape index (κ2) is 9.87. The third-order valence-corrected chi connectivity index (χ3v) is 5.46. The second-order valence-electron chi connectivity index (χ2n) is 7.57. The van der Waals surface area contributed by atoms with Crippen LogP contribution in [0.5, 0.6) is 11.5 Å². The number of benzene rings is 2. The summed E-state index contributed by atoms with van der Waals surface area (Å²) in [6, 6.07) is 5.20. The molecular formula is C24H21F3N4O3. The van der Waals surface area contributed by atoms with Crippen molar-refractivity contribution in [2.24, 2.45) is 0 Å². The van der Waals surface area contributed by atoms with Crippen LogP contribution < -0.4 is 14.8 Å². The van der Waals surface area contributed by atoms with Crippen LogP contribution in [-0.2, 0) is 4.79 Å². The smallest absolute Gasteiger partial charge is 0.298 e. The first kappa shape index (κ1) is 23.2. The number of ether oxygens (including phenoxy) is 2. The highest BCUT2D eigenvalue weighted by atomic mass is 19.2. The Morgan fingerprint density at radius 3 is 2.59 bits per heavy atom. The number of anilines is 2. The molecule has 3 aromatic rings. The van der Waals surface area contributed by atoms with E-state index in [-0.39, 0.29) is 23.5 Å². The van der Waals surface area contributed by atoms with Crippen molar-refractivity contribution in [3.8, 4) is 23.3 Å². The number of carbonyl (C=O) groups excluding carboxylic acids is 1. The van der Waals surface area contributed by atoms with Crippen molar-refractivity contribution in [2.75, 3.05) is 25.5 Å². The van der Waals surface area contributed by atoms with Gasteiger partial charge >= 0.3 is 0 Å². The average molecular weight is 470 g/mol. The number of hydrogen-bond donors (Lipinski definition) is 1. The molecule has 34 heavy (non-hydrogen) atoms. The number of nitrogens with zero attached hydrogens (tertiary/aromatic N) is 3. The van der Waals surface area contributed by atoms with Crippen molar-refractivity contribution < 1.29 is 27.4 Å². The summed E-state index contributed by atoms with van der Waals surface area (Å²) in [6.45, 7) is 2.65. The zero-order chi connectivity index (χ0) is 24.2. The first-order valence-electron chi connectivity index (χ1n) is 10.5. The van der Waals surface area contributed by atoms with Crippen LogP contribution in [0.15, 0.2) is 30.6 Å². The summed E-state index contributed by atoms with van der Waals surface area (Å²) >= 11 is 0. The molecule has 1 aliphatic rings. The van der Waals surface area contributed by atoms with Crippen molar-refractivity contribution in [1.29, 1.82) is 0 Å². The molecule has 1 aromatic heterocycles. The molecule has 1 N–H and O–H groups in total. The highest BCUT2D eigenvalue weighted by Crippen LogP contribution is 2.36. The van der Waals surface area contributed by atoms with E-state index in [9.17, 15) is 18.0 Å². The summed E-state index contributed by atoms with van der Waals surface area (Å²) < 4.78 is 52.8. The van der Waals surface area contributed by atoms with E-state index in [2.05, 4.69) is 27.1 Å². The van der Waals surface area contributed by atoms with Gasteiger partial charge in [0.15, 0.2) is 29.0 Å². The van der Waals surface area contributed by atoms with Gasteiger partial charge in [-0.25, -0.2) is 23.1 Å². The molecule has 0 aliphatic carbocycles. The molecule has 0 unspecified atom stereocenters. The Labute approximate surface area is 193 Å². The number of piperidine rings is 1. The molecule has 1 saturated heterocycles. The number of likely N-dealkylation sites (tertiary alicyclic amines) is 1. The van der Waals surface area contributed by atoms with Gasteiger partial charge in [-0.2, -0.15) is 0 Å². The predicted molar refractivity (Wildman–Crippen MR) is 119 cm³/mol. The highest BCUT2D eigenvalue weighted by Gasteiger charge is 2.24. The number of methoxy groups -OCH3 is 1. The fourth-order valence-electron chi connectivity index (χ4n) is 3.71. The van der Waals surface area contributed by atoms with E-state index in [1.807, 2.05) is 0 Å². The standard InChI is InChI=1S/C24H21F3N4O3/c1-3-4-21(32)31-9-7-14(8-10-31)34-20-11-15-18(12-19(20)33-2)28-13-29-24(15)30-17-6-5-16(25)22(26)23(17)27/h5-6,11-14H,7-10H2,1-2H3,(H,28,29,30). The lowest BCUT2D eigenvalue weighted by atomic mass is 10.1. The topological polar surface area (TPSA) is 76.6 Å². The third-order valence-electron chi connectivity index (χ3n) is 5.46. The van der Waals surface area contributed by atoms with Crippen molar-refractivity contribution >= 4 is 28.3 Å². The molecule has 0 spiro atoms. The monoisotopic (exact) mass is 470 g/mol. The Hall–Kier alpha value is -4.00. The van der Waals surface area contributed by atoms with Gasteiger partial charge in [0.1, 0.15) is 18.2 Å². The van der Waals surface area contributed by atoms with Crippen LogP contribution in [0, 0.1) is 29.3 Å². The SMILES string of the molecule is CC#CC(=O)N1CCC(Oc2cc3c(Nc4ccc(F)c(F)c4F)ncnc3cc2OC)CC1. The van der Waals surface area contributed by atoms with Gasteiger partial charge in [-0.1, -0.05) is 5.92 Å². The largest absolute Gasteiger partial charge is 0.493 e.